The second-order valence-electron chi connectivity index (χ2n) is 9.85. The average molecular weight is 439 g/mol. The summed E-state index contributed by atoms with van der Waals surface area (Å²) in [7, 11) is 0. The molecule has 0 aromatic carbocycles. The van der Waals surface area contributed by atoms with Crippen LogP contribution in [0.3, 0.4) is 0 Å². The van der Waals surface area contributed by atoms with Gasteiger partial charge in [0.15, 0.2) is 0 Å². The fraction of sp³-hybridized carbons (Fsp3) is 0.750. The summed E-state index contributed by atoms with van der Waals surface area (Å²) in [5, 5.41) is 8.72. The fourth-order valence-corrected chi connectivity index (χ4v) is 3.11. The van der Waals surface area contributed by atoms with Crippen LogP contribution in [0.5, 0.6) is 0 Å². The third-order valence-electron chi connectivity index (χ3n) is 4.48. The van der Waals surface area contributed by atoms with Crippen LogP contribution in [0.25, 0.3) is 0 Å². The zero-order valence-corrected chi connectivity index (χ0v) is 20.3. The van der Waals surface area contributed by atoms with Crippen molar-refractivity contribution < 1.29 is 24.2 Å². The van der Waals surface area contributed by atoms with Crippen LogP contribution in [0.2, 0.25) is 0 Å². The maximum Gasteiger partial charge on any atom is 0.414 e. The molecule has 0 atom stereocenters. The first-order valence-electron chi connectivity index (χ1n) is 11.4. The minimum absolute atomic E-state index is 0.230. The molecule has 0 aromatic rings. The van der Waals surface area contributed by atoms with Crippen molar-refractivity contribution in [3.8, 4) is 0 Å². The Morgan fingerprint density at radius 2 is 1.52 bits per heavy atom. The molecule has 0 unspecified atom stereocenters. The zero-order valence-electron chi connectivity index (χ0n) is 20.3. The van der Waals surface area contributed by atoms with Gasteiger partial charge in [0.2, 0.25) is 0 Å². The number of aliphatic hydroxyl groups excluding tert-OH is 1. The summed E-state index contributed by atoms with van der Waals surface area (Å²) in [5.41, 5.74) is 0.262. The van der Waals surface area contributed by atoms with Crippen LogP contribution in [0, 0.1) is 0 Å². The third-order valence-corrected chi connectivity index (χ3v) is 4.48. The normalized spacial score (nSPS) is 16.0. The monoisotopic (exact) mass is 438 g/mol. The molecular weight excluding hydrogens is 396 g/mol. The van der Waals surface area contributed by atoms with E-state index in [2.05, 4.69) is 6.08 Å². The molecule has 0 fully saturated rings. The van der Waals surface area contributed by atoms with Gasteiger partial charge in [-0.25, -0.2) is 9.59 Å². The second kappa shape index (κ2) is 12.7. The van der Waals surface area contributed by atoms with Crippen LogP contribution in [0.15, 0.2) is 24.0 Å². The highest BCUT2D eigenvalue weighted by Gasteiger charge is 2.26. The molecule has 0 aromatic heterocycles. The minimum Gasteiger partial charge on any atom is -0.443 e. The highest BCUT2D eigenvalue weighted by atomic mass is 16.6. The Labute approximate surface area is 188 Å². The van der Waals surface area contributed by atoms with E-state index >= 15 is 0 Å². The van der Waals surface area contributed by atoms with Crippen molar-refractivity contribution in [2.24, 2.45) is 0 Å². The maximum atomic E-state index is 12.0. The van der Waals surface area contributed by atoms with Gasteiger partial charge in [-0.1, -0.05) is 25.0 Å². The summed E-state index contributed by atoms with van der Waals surface area (Å²) in [4.78, 5) is 26.7. The smallest absolute Gasteiger partial charge is 0.414 e. The second-order valence-corrected chi connectivity index (χ2v) is 9.85. The topological polar surface area (TPSA) is 79.3 Å². The molecule has 0 saturated carbocycles. The van der Waals surface area contributed by atoms with Crippen molar-refractivity contribution in [1.82, 2.24) is 9.80 Å². The van der Waals surface area contributed by atoms with Gasteiger partial charge in [-0.15, -0.1) is 0 Å². The molecule has 2 heterocycles. The quantitative estimate of drug-likeness (QED) is 0.547. The number of unbranched alkanes of at least 4 members (excludes halogenated alkanes) is 3. The lowest BCUT2D eigenvalue weighted by molar-refractivity contribution is 0.0320. The first kappa shape index (κ1) is 27.0. The molecule has 0 saturated heterocycles. The van der Waals surface area contributed by atoms with Crippen molar-refractivity contribution in [2.75, 3.05) is 19.7 Å². The molecule has 1 N–H and O–H groups in total. The molecule has 7 heteroatoms. The van der Waals surface area contributed by atoms with Gasteiger partial charge >= 0.3 is 12.2 Å². The van der Waals surface area contributed by atoms with E-state index in [0.29, 0.717) is 0 Å². The molecule has 0 radical (unpaired) electrons. The highest BCUT2D eigenvalue weighted by Crippen LogP contribution is 2.23. The van der Waals surface area contributed by atoms with E-state index in [1.807, 2.05) is 47.6 Å². The molecule has 2 aliphatic rings. The van der Waals surface area contributed by atoms with E-state index in [-0.39, 0.29) is 18.8 Å². The number of carbonyl (C=O) groups excluding carboxylic acids is 2. The summed E-state index contributed by atoms with van der Waals surface area (Å²) in [6.45, 7) is 13.0. The highest BCUT2D eigenvalue weighted by molar-refractivity contribution is 5.71. The Hall–Kier alpha value is -2.02. The molecule has 2 aliphatic heterocycles. The predicted octanol–water partition coefficient (Wildman–Crippen LogP) is 5.59. The minimum atomic E-state index is -0.439. The number of aliphatic hydroxyl groups is 1. The van der Waals surface area contributed by atoms with Gasteiger partial charge in [0, 0.05) is 31.6 Å². The van der Waals surface area contributed by atoms with Crippen molar-refractivity contribution >= 4 is 12.2 Å². The number of rotatable bonds is 6. The Balaban J connectivity index is 0.000000343. The van der Waals surface area contributed by atoms with Crippen LogP contribution in [0.4, 0.5) is 9.59 Å². The SMILES string of the molecule is CC(C)(C)OC(=O)N1C=CCC1.CC(C)(C)OC(=O)N1CCC=C1CCCCCCO. The van der Waals surface area contributed by atoms with Crippen molar-refractivity contribution in [3.63, 3.8) is 0 Å². The lowest BCUT2D eigenvalue weighted by atomic mass is 10.1. The van der Waals surface area contributed by atoms with Crippen LogP contribution in [0.1, 0.15) is 86.5 Å². The molecule has 2 amide bonds. The Bertz CT molecular complexity index is 629. The van der Waals surface area contributed by atoms with E-state index in [1.165, 1.54) is 0 Å². The number of ether oxygens (including phenoxy) is 2. The first-order chi connectivity index (χ1) is 14.4. The lowest BCUT2D eigenvalue weighted by Gasteiger charge is -2.26. The van der Waals surface area contributed by atoms with Crippen LogP contribution in [-0.2, 0) is 9.47 Å². The van der Waals surface area contributed by atoms with Gasteiger partial charge in [0.25, 0.3) is 0 Å². The molecule has 178 valence electrons. The summed E-state index contributed by atoms with van der Waals surface area (Å²) < 4.78 is 10.6. The summed E-state index contributed by atoms with van der Waals surface area (Å²) in [5.74, 6) is 0. The average Bonchev–Trinajstić information content (AvgIpc) is 3.31. The predicted molar refractivity (Wildman–Crippen MR) is 123 cm³/mol. The Morgan fingerprint density at radius 3 is 2.06 bits per heavy atom. The largest absolute Gasteiger partial charge is 0.443 e. The van der Waals surface area contributed by atoms with Crippen LogP contribution >= 0.6 is 0 Å². The van der Waals surface area contributed by atoms with E-state index < -0.39 is 11.2 Å². The van der Waals surface area contributed by atoms with Gasteiger partial charge in [0.1, 0.15) is 11.2 Å². The standard InChI is InChI=1S/C15H27NO3.C9H15NO2/c1-15(2,3)19-14(18)16-11-8-10-13(16)9-6-4-5-7-12-17;1-9(2,3)12-8(11)10-6-4-5-7-10/h10,17H,4-9,11-12H2,1-3H3;4,6H,5,7H2,1-3H3. The van der Waals surface area contributed by atoms with Crippen LogP contribution in [-0.4, -0.2) is 58.0 Å². The third kappa shape index (κ3) is 11.8. The lowest BCUT2D eigenvalue weighted by Crippen LogP contribution is -2.34. The summed E-state index contributed by atoms with van der Waals surface area (Å²) >= 11 is 0. The van der Waals surface area contributed by atoms with Gasteiger partial charge < -0.3 is 14.6 Å². The molecule has 0 bridgehead atoms. The number of hydrogen-bond donors (Lipinski definition) is 1. The number of hydrogen-bond acceptors (Lipinski definition) is 5. The maximum absolute atomic E-state index is 12.0. The van der Waals surface area contributed by atoms with E-state index in [9.17, 15) is 9.59 Å². The van der Waals surface area contributed by atoms with Crippen molar-refractivity contribution in [1.29, 1.82) is 0 Å². The Kier molecular flexibility index (Phi) is 11.1. The zero-order chi connectivity index (χ0) is 23.5. The fourth-order valence-electron chi connectivity index (χ4n) is 3.11. The van der Waals surface area contributed by atoms with Crippen molar-refractivity contribution in [3.05, 3.63) is 24.0 Å². The number of carbonyl (C=O) groups is 2. The van der Waals surface area contributed by atoms with Crippen molar-refractivity contribution in [2.45, 2.75) is 97.7 Å². The summed E-state index contributed by atoms with van der Waals surface area (Å²) in [6.07, 6.45) is 12.2. The Morgan fingerprint density at radius 1 is 0.903 bits per heavy atom. The molecule has 0 spiro atoms. The molecular formula is C24H42N2O5. The van der Waals surface area contributed by atoms with E-state index in [4.69, 9.17) is 14.6 Å². The summed E-state index contributed by atoms with van der Waals surface area (Å²) in [6, 6.07) is 0. The van der Waals surface area contributed by atoms with Crippen LogP contribution < -0.4 is 0 Å². The molecule has 31 heavy (non-hydrogen) atoms. The molecule has 0 aliphatic carbocycles. The number of nitrogens with zero attached hydrogens (tertiary/aromatic N) is 2. The van der Waals surface area contributed by atoms with Gasteiger partial charge in [0.05, 0.1) is 0 Å². The molecule has 2 rings (SSSR count). The van der Waals surface area contributed by atoms with E-state index in [0.717, 1.165) is 63.7 Å². The molecule has 7 nitrogen and oxygen atoms in total. The van der Waals surface area contributed by atoms with E-state index in [1.54, 1.807) is 16.0 Å². The van der Waals surface area contributed by atoms with Gasteiger partial charge in [-0.2, -0.15) is 0 Å². The van der Waals surface area contributed by atoms with Gasteiger partial charge in [-0.3, -0.25) is 9.80 Å². The number of allylic oxidation sites excluding steroid dienone is 1. The first-order valence-corrected chi connectivity index (χ1v) is 11.4. The number of amides is 2. The van der Waals surface area contributed by atoms with Gasteiger partial charge in [-0.05, 0) is 73.6 Å².